The van der Waals surface area contributed by atoms with E-state index in [-0.39, 0.29) is 16.7 Å². The molecule has 0 N–H and O–H groups in total. The predicted octanol–water partition coefficient (Wildman–Crippen LogP) is 4.44. The minimum atomic E-state index is -4.88. The molecule has 5 heteroatoms. The Morgan fingerprint density at radius 1 is 0.500 bits per heavy atom. The molecular weight excluding hydrogens is 408 g/mol. The molecule has 0 aliphatic carbocycles. The fourth-order valence-electron chi connectivity index (χ4n) is 2.67. The van der Waals surface area contributed by atoms with Crippen molar-refractivity contribution in [2.24, 2.45) is 0 Å². The van der Waals surface area contributed by atoms with Gasteiger partial charge in [0.15, 0.2) is 0 Å². The van der Waals surface area contributed by atoms with Crippen LogP contribution in [0, 0.1) is 0 Å². The van der Waals surface area contributed by atoms with E-state index in [1.807, 2.05) is 0 Å². The zero-order valence-corrected chi connectivity index (χ0v) is 16.6. The molecular formula is C21H15ClGeO3. The van der Waals surface area contributed by atoms with Crippen molar-refractivity contribution in [2.45, 2.75) is 0 Å². The van der Waals surface area contributed by atoms with Gasteiger partial charge in [-0.25, -0.2) is 0 Å². The van der Waals surface area contributed by atoms with Crippen LogP contribution < -0.4 is 0 Å². The Morgan fingerprint density at radius 2 is 0.731 bits per heavy atom. The molecule has 0 aliphatic heterocycles. The minimum absolute atomic E-state index is 0.288. The van der Waals surface area contributed by atoms with E-state index < -0.39 is 26.2 Å². The fourth-order valence-corrected chi connectivity index (χ4v) is 9.23. The van der Waals surface area contributed by atoms with Gasteiger partial charge in [0.1, 0.15) is 0 Å². The van der Waals surface area contributed by atoms with Gasteiger partial charge >= 0.3 is 158 Å². The van der Waals surface area contributed by atoms with Crippen molar-refractivity contribution < 1.29 is 14.4 Å². The summed E-state index contributed by atoms with van der Waals surface area (Å²) in [4.78, 5) is 39.6. The molecule has 0 bridgehead atoms. The zero-order chi connectivity index (χ0) is 18.6. The molecule has 3 nitrogen and oxygen atoms in total. The summed E-state index contributed by atoms with van der Waals surface area (Å²) in [5.74, 6) is 0. The molecule has 0 atom stereocenters. The molecule has 0 amide bonds. The quantitative estimate of drug-likeness (QED) is 0.551. The van der Waals surface area contributed by atoms with Gasteiger partial charge in [0.05, 0.1) is 0 Å². The number of hydrogen-bond acceptors (Lipinski definition) is 3. The first-order chi connectivity index (χ1) is 12.5. The standard InChI is InChI=1S/C21H15ClGeO3/c22-23(19(24)16-10-4-1-5-11-16,20(25)17-12-6-2-7-13-17)21(26)18-14-8-3-9-15-18/h1-15H. The summed E-state index contributed by atoms with van der Waals surface area (Å²) in [6, 6.07) is 24.9. The van der Waals surface area contributed by atoms with Crippen LogP contribution >= 0.6 is 10.0 Å². The van der Waals surface area contributed by atoms with Crippen molar-refractivity contribution in [3.05, 3.63) is 108 Å². The van der Waals surface area contributed by atoms with E-state index in [1.54, 1.807) is 91.0 Å². The molecule has 0 saturated carbocycles. The van der Waals surface area contributed by atoms with Crippen LogP contribution in [-0.4, -0.2) is 26.2 Å². The zero-order valence-electron chi connectivity index (χ0n) is 13.8. The summed E-state index contributed by atoms with van der Waals surface area (Å²) in [6.07, 6.45) is 0. The molecule has 0 aromatic heterocycles. The normalized spacial score (nSPS) is 11.0. The number of carbonyl (C=O) groups excluding carboxylic acids is 3. The van der Waals surface area contributed by atoms with Crippen LogP contribution in [0.25, 0.3) is 0 Å². The third-order valence-corrected chi connectivity index (χ3v) is 12.5. The van der Waals surface area contributed by atoms with Gasteiger partial charge in [-0.2, -0.15) is 0 Å². The van der Waals surface area contributed by atoms with Gasteiger partial charge in [-0.05, 0) is 0 Å². The summed E-state index contributed by atoms with van der Waals surface area (Å²) in [5, 5.41) is 0. The molecule has 3 rings (SSSR count). The summed E-state index contributed by atoms with van der Waals surface area (Å²) >= 11 is -4.88. The topological polar surface area (TPSA) is 51.2 Å². The second-order valence-corrected chi connectivity index (χ2v) is 14.3. The van der Waals surface area contributed by atoms with Gasteiger partial charge in [0.25, 0.3) is 0 Å². The summed E-state index contributed by atoms with van der Waals surface area (Å²) in [5.41, 5.74) is 0.864. The number of benzene rings is 3. The Hall–Kier alpha value is -2.50. The molecule has 0 unspecified atom stereocenters. The van der Waals surface area contributed by atoms with Crippen LogP contribution in [0.3, 0.4) is 0 Å². The Balaban J connectivity index is 2.14. The van der Waals surface area contributed by atoms with Crippen LogP contribution in [0.4, 0.5) is 0 Å². The first-order valence-electron chi connectivity index (χ1n) is 8.03. The van der Waals surface area contributed by atoms with Crippen LogP contribution in [0.5, 0.6) is 0 Å². The van der Waals surface area contributed by atoms with E-state index in [4.69, 9.17) is 10.0 Å². The third kappa shape index (κ3) is 3.41. The SMILES string of the molecule is O=[C](c1ccccc1)[Ge]([Cl])([C](=O)c1ccccc1)[C](=O)c1ccccc1. The first kappa shape index (κ1) is 18.3. The fraction of sp³-hybridized carbons (Fsp3) is 0. The summed E-state index contributed by atoms with van der Waals surface area (Å²) in [7, 11) is 6.73. The van der Waals surface area contributed by atoms with Crippen LogP contribution in [0.1, 0.15) is 31.1 Å². The van der Waals surface area contributed by atoms with Gasteiger partial charge in [0.2, 0.25) is 0 Å². The molecule has 3 aromatic carbocycles. The van der Waals surface area contributed by atoms with Gasteiger partial charge in [0, 0.05) is 0 Å². The molecule has 0 spiro atoms. The van der Waals surface area contributed by atoms with Crippen molar-refractivity contribution in [2.75, 3.05) is 0 Å². The van der Waals surface area contributed by atoms with E-state index in [0.29, 0.717) is 0 Å². The average molecular weight is 423 g/mol. The van der Waals surface area contributed by atoms with Crippen molar-refractivity contribution in [1.82, 2.24) is 0 Å². The molecule has 3 aromatic rings. The number of halogens is 1. The Labute approximate surface area is 158 Å². The van der Waals surface area contributed by atoms with Crippen molar-refractivity contribution in [3.8, 4) is 0 Å². The molecule has 0 aliphatic rings. The molecule has 128 valence electrons. The van der Waals surface area contributed by atoms with E-state index in [2.05, 4.69) is 0 Å². The van der Waals surface area contributed by atoms with Crippen LogP contribution in [0.2, 0.25) is 0 Å². The Kier molecular flexibility index (Phi) is 5.50. The van der Waals surface area contributed by atoms with Gasteiger partial charge < -0.3 is 0 Å². The van der Waals surface area contributed by atoms with Crippen LogP contribution in [0.15, 0.2) is 91.0 Å². The molecule has 0 radical (unpaired) electrons. The number of hydrogen-bond donors (Lipinski definition) is 0. The molecule has 0 saturated heterocycles. The Morgan fingerprint density at radius 3 is 0.962 bits per heavy atom. The predicted molar refractivity (Wildman–Crippen MR) is 104 cm³/mol. The van der Waals surface area contributed by atoms with Crippen molar-refractivity contribution in [1.29, 1.82) is 0 Å². The van der Waals surface area contributed by atoms with Gasteiger partial charge in [-0.1, -0.05) is 0 Å². The second-order valence-electron chi connectivity index (χ2n) is 5.74. The van der Waals surface area contributed by atoms with Crippen molar-refractivity contribution >= 4 is 36.2 Å². The number of carbonyl (C=O) groups is 3. The van der Waals surface area contributed by atoms with E-state index in [0.717, 1.165) is 0 Å². The molecule has 26 heavy (non-hydrogen) atoms. The van der Waals surface area contributed by atoms with Gasteiger partial charge in [-0.3, -0.25) is 0 Å². The monoisotopic (exact) mass is 424 g/mol. The van der Waals surface area contributed by atoms with E-state index >= 15 is 0 Å². The summed E-state index contributed by atoms with van der Waals surface area (Å²) < 4.78 is -1.64. The van der Waals surface area contributed by atoms with Crippen molar-refractivity contribution in [3.63, 3.8) is 0 Å². The maximum absolute atomic E-state index is 13.2. The maximum atomic E-state index is 13.2. The average Bonchev–Trinajstić information content (AvgIpc) is 2.73. The van der Waals surface area contributed by atoms with Gasteiger partial charge in [-0.15, -0.1) is 0 Å². The van der Waals surface area contributed by atoms with Crippen LogP contribution in [-0.2, 0) is 0 Å². The molecule has 0 heterocycles. The summed E-state index contributed by atoms with van der Waals surface area (Å²) in [6.45, 7) is 0. The number of rotatable bonds is 6. The first-order valence-corrected chi connectivity index (χ1v) is 13.9. The third-order valence-electron chi connectivity index (χ3n) is 4.05. The second kappa shape index (κ2) is 7.81. The Bertz CT molecular complexity index is 816. The van der Waals surface area contributed by atoms with E-state index in [9.17, 15) is 14.4 Å². The van der Waals surface area contributed by atoms with E-state index in [1.165, 1.54) is 0 Å². The molecule has 0 fully saturated rings.